The van der Waals surface area contributed by atoms with Crippen molar-refractivity contribution in [1.82, 2.24) is 0 Å². The topological polar surface area (TPSA) is 40.9 Å². The highest BCUT2D eigenvalue weighted by Crippen LogP contribution is 2.22. The van der Waals surface area contributed by atoms with Crippen molar-refractivity contribution in [2.24, 2.45) is 0 Å². The van der Waals surface area contributed by atoms with E-state index in [1.807, 2.05) is 26.0 Å². The van der Waals surface area contributed by atoms with E-state index in [4.69, 9.17) is 5.26 Å². The van der Waals surface area contributed by atoms with Crippen LogP contribution in [0.5, 0.6) is 0 Å². The molecule has 1 atom stereocenters. The second kappa shape index (κ2) is 4.57. The van der Waals surface area contributed by atoms with Crippen molar-refractivity contribution in [3.8, 4) is 6.07 Å². The lowest BCUT2D eigenvalue weighted by Gasteiger charge is -2.11. The largest absolute Gasteiger partial charge is 0.303 e. The lowest BCUT2D eigenvalue weighted by Crippen LogP contribution is -2.03. The molecule has 1 unspecified atom stereocenters. The highest BCUT2D eigenvalue weighted by atomic mass is 16.1. The summed E-state index contributed by atoms with van der Waals surface area (Å²) in [6, 6.07) is 7.71. The van der Waals surface area contributed by atoms with E-state index in [1.54, 1.807) is 6.07 Å². The molecule has 0 saturated carbocycles. The molecule has 0 aliphatic rings. The third-order valence-corrected chi connectivity index (χ3v) is 2.36. The summed E-state index contributed by atoms with van der Waals surface area (Å²) >= 11 is 0. The van der Waals surface area contributed by atoms with Crippen molar-refractivity contribution >= 4 is 6.29 Å². The van der Waals surface area contributed by atoms with Gasteiger partial charge in [-0.25, -0.2) is 0 Å². The van der Waals surface area contributed by atoms with E-state index < -0.39 is 0 Å². The van der Waals surface area contributed by atoms with Crippen LogP contribution in [0.15, 0.2) is 18.2 Å². The van der Waals surface area contributed by atoms with E-state index in [9.17, 15) is 4.79 Å². The summed E-state index contributed by atoms with van der Waals surface area (Å²) in [5.41, 5.74) is 2.58. The summed E-state index contributed by atoms with van der Waals surface area (Å²) in [6.45, 7) is 3.85. The highest BCUT2D eigenvalue weighted by molar-refractivity contribution is 5.65. The number of benzene rings is 1. The first-order valence-corrected chi connectivity index (χ1v) is 4.71. The zero-order valence-electron chi connectivity index (χ0n) is 8.45. The number of hydrogen-bond donors (Lipinski definition) is 0. The molecule has 72 valence electrons. The Labute approximate surface area is 84.2 Å². The van der Waals surface area contributed by atoms with E-state index >= 15 is 0 Å². The summed E-state index contributed by atoms with van der Waals surface area (Å²) in [7, 11) is 0. The first kappa shape index (κ1) is 10.5. The normalized spacial score (nSPS) is 11.8. The van der Waals surface area contributed by atoms with Crippen molar-refractivity contribution in [1.29, 1.82) is 5.26 Å². The van der Waals surface area contributed by atoms with E-state index in [0.717, 1.165) is 23.8 Å². The van der Waals surface area contributed by atoms with Gasteiger partial charge < -0.3 is 4.79 Å². The number of hydrogen-bond acceptors (Lipinski definition) is 2. The number of nitriles is 1. The molecule has 1 aromatic carbocycles. The molecule has 14 heavy (non-hydrogen) atoms. The predicted molar refractivity (Wildman–Crippen MR) is 55.0 cm³/mol. The fourth-order valence-electron chi connectivity index (χ4n) is 1.62. The Hall–Kier alpha value is -1.62. The Morgan fingerprint density at radius 3 is 2.79 bits per heavy atom. The van der Waals surface area contributed by atoms with E-state index in [2.05, 4.69) is 6.07 Å². The molecular weight excluding hydrogens is 174 g/mol. The standard InChI is InChI=1S/C12H13NO/c1-3-10-5-4-6-11(7-13)12(10)9(2)8-14/h4-6,8-9H,3H2,1-2H3. The van der Waals surface area contributed by atoms with Crippen LogP contribution in [0.25, 0.3) is 0 Å². The summed E-state index contributed by atoms with van der Waals surface area (Å²) in [6.07, 6.45) is 1.73. The van der Waals surface area contributed by atoms with Crippen molar-refractivity contribution in [2.45, 2.75) is 26.2 Å². The molecule has 2 heteroatoms. The number of aldehydes is 1. The van der Waals surface area contributed by atoms with Gasteiger partial charge in [-0.15, -0.1) is 0 Å². The molecule has 0 saturated heterocycles. The predicted octanol–water partition coefficient (Wildman–Crippen LogP) is 2.42. The van der Waals surface area contributed by atoms with Crippen LogP contribution in [0, 0.1) is 11.3 Å². The van der Waals surface area contributed by atoms with Gasteiger partial charge in [-0.3, -0.25) is 0 Å². The highest BCUT2D eigenvalue weighted by Gasteiger charge is 2.13. The van der Waals surface area contributed by atoms with Crippen LogP contribution >= 0.6 is 0 Å². The van der Waals surface area contributed by atoms with Gasteiger partial charge in [0.2, 0.25) is 0 Å². The monoisotopic (exact) mass is 187 g/mol. The Morgan fingerprint density at radius 2 is 2.29 bits per heavy atom. The second-order valence-corrected chi connectivity index (χ2v) is 3.27. The molecule has 0 fully saturated rings. The lowest BCUT2D eigenvalue weighted by atomic mass is 9.91. The molecule has 0 spiro atoms. The average molecular weight is 187 g/mol. The fourth-order valence-corrected chi connectivity index (χ4v) is 1.62. The lowest BCUT2D eigenvalue weighted by molar-refractivity contribution is -0.108. The Morgan fingerprint density at radius 1 is 1.57 bits per heavy atom. The number of aryl methyl sites for hydroxylation is 1. The van der Waals surface area contributed by atoms with Crippen molar-refractivity contribution < 1.29 is 4.79 Å². The number of rotatable bonds is 3. The van der Waals surface area contributed by atoms with Gasteiger partial charge in [-0.2, -0.15) is 5.26 Å². The maximum absolute atomic E-state index is 10.7. The van der Waals surface area contributed by atoms with E-state index in [0.29, 0.717) is 5.56 Å². The average Bonchev–Trinajstić information content (AvgIpc) is 2.26. The van der Waals surface area contributed by atoms with Gasteiger partial charge in [-0.05, 0) is 23.6 Å². The minimum absolute atomic E-state index is 0.194. The maximum atomic E-state index is 10.7. The third-order valence-electron chi connectivity index (χ3n) is 2.36. The molecule has 0 heterocycles. The molecule has 0 radical (unpaired) electrons. The summed E-state index contributed by atoms with van der Waals surface area (Å²) in [5, 5.41) is 8.92. The van der Waals surface area contributed by atoms with Gasteiger partial charge in [0.1, 0.15) is 6.29 Å². The fraction of sp³-hybridized carbons (Fsp3) is 0.333. The van der Waals surface area contributed by atoms with Crippen LogP contribution in [-0.4, -0.2) is 6.29 Å². The van der Waals surface area contributed by atoms with Gasteiger partial charge in [0.25, 0.3) is 0 Å². The minimum Gasteiger partial charge on any atom is -0.303 e. The Kier molecular flexibility index (Phi) is 3.41. The van der Waals surface area contributed by atoms with Crippen LogP contribution in [-0.2, 0) is 11.2 Å². The first-order valence-electron chi connectivity index (χ1n) is 4.71. The molecule has 0 bridgehead atoms. The Balaban J connectivity index is 3.34. The molecule has 0 amide bonds. The van der Waals surface area contributed by atoms with E-state index in [-0.39, 0.29) is 5.92 Å². The first-order chi connectivity index (χ1) is 6.74. The zero-order chi connectivity index (χ0) is 10.6. The molecule has 0 aromatic heterocycles. The Bertz CT molecular complexity index is 376. The van der Waals surface area contributed by atoms with Crippen LogP contribution in [0.3, 0.4) is 0 Å². The number of carbonyl (C=O) groups is 1. The molecule has 1 rings (SSSR count). The quantitative estimate of drug-likeness (QED) is 0.682. The van der Waals surface area contributed by atoms with Crippen LogP contribution in [0.2, 0.25) is 0 Å². The number of carbonyl (C=O) groups excluding carboxylic acids is 1. The summed E-state index contributed by atoms with van der Waals surface area (Å²) < 4.78 is 0. The van der Waals surface area contributed by atoms with Gasteiger partial charge in [0.15, 0.2) is 0 Å². The molecule has 2 nitrogen and oxygen atoms in total. The molecule has 1 aromatic rings. The maximum Gasteiger partial charge on any atom is 0.127 e. The SMILES string of the molecule is CCc1cccc(C#N)c1C(C)C=O. The van der Waals surface area contributed by atoms with Crippen LogP contribution < -0.4 is 0 Å². The second-order valence-electron chi connectivity index (χ2n) is 3.27. The smallest absolute Gasteiger partial charge is 0.127 e. The van der Waals surface area contributed by atoms with Gasteiger partial charge in [-0.1, -0.05) is 26.0 Å². The van der Waals surface area contributed by atoms with Crippen LogP contribution in [0.1, 0.15) is 36.5 Å². The van der Waals surface area contributed by atoms with Gasteiger partial charge in [0, 0.05) is 5.92 Å². The van der Waals surface area contributed by atoms with Crippen molar-refractivity contribution in [2.75, 3.05) is 0 Å². The minimum atomic E-state index is -0.194. The van der Waals surface area contributed by atoms with E-state index in [1.165, 1.54) is 0 Å². The van der Waals surface area contributed by atoms with Crippen molar-refractivity contribution in [3.05, 3.63) is 34.9 Å². The third kappa shape index (κ3) is 1.82. The zero-order valence-corrected chi connectivity index (χ0v) is 8.45. The molecule has 0 aliphatic carbocycles. The summed E-state index contributed by atoms with van der Waals surface area (Å²) in [4.78, 5) is 10.7. The summed E-state index contributed by atoms with van der Waals surface area (Å²) in [5.74, 6) is -0.194. The molecule has 0 N–H and O–H groups in total. The van der Waals surface area contributed by atoms with Crippen LogP contribution in [0.4, 0.5) is 0 Å². The van der Waals surface area contributed by atoms with Gasteiger partial charge >= 0.3 is 0 Å². The molecule has 0 aliphatic heterocycles. The van der Waals surface area contributed by atoms with Crippen molar-refractivity contribution in [3.63, 3.8) is 0 Å². The molecular formula is C12H13NO. The van der Waals surface area contributed by atoms with Gasteiger partial charge in [0.05, 0.1) is 11.6 Å². The number of nitrogens with zero attached hydrogens (tertiary/aromatic N) is 1.